The average Bonchev–Trinajstić information content (AvgIpc) is 2.31. The van der Waals surface area contributed by atoms with E-state index in [0.717, 1.165) is 13.1 Å². The SMILES string of the molecule is Cc1ccccc1C(C(C)N)N(C)CCCN(C)C. The van der Waals surface area contributed by atoms with Crippen LogP contribution in [-0.2, 0) is 0 Å². The Morgan fingerprint density at radius 3 is 2.26 bits per heavy atom. The summed E-state index contributed by atoms with van der Waals surface area (Å²) in [4.78, 5) is 4.61. The van der Waals surface area contributed by atoms with Crippen LogP contribution in [0.4, 0.5) is 0 Å². The summed E-state index contributed by atoms with van der Waals surface area (Å²) < 4.78 is 0. The largest absolute Gasteiger partial charge is 0.326 e. The fraction of sp³-hybridized carbons (Fsp3) is 0.625. The van der Waals surface area contributed by atoms with Gasteiger partial charge in [0, 0.05) is 12.1 Å². The lowest BCUT2D eigenvalue weighted by molar-refractivity contribution is 0.207. The van der Waals surface area contributed by atoms with Crippen molar-refractivity contribution in [2.45, 2.75) is 32.4 Å². The number of hydrogen-bond acceptors (Lipinski definition) is 3. The second-order valence-electron chi connectivity index (χ2n) is 5.80. The Bertz CT molecular complexity index is 374. The summed E-state index contributed by atoms with van der Waals surface area (Å²) in [6, 6.07) is 8.98. The van der Waals surface area contributed by atoms with E-state index in [4.69, 9.17) is 5.73 Å². The van der Waals surface area contributed by atoms with Gasteiger partial charge in [-0.2, -0.15) is 0 Å². The van der Waals surface area contributed by atoms with Gasteiger partial charge in [0.15, 0.2) is 0 Å². The lowest BCUT2D eigenvalue weighted by Crippen LogP contribution is -2.38. The summed E-state index contributed by atoms with van der Waals surface area (Å²) >= 11 is 0. The van der Waals surface area contributed by atoms with E-state index in [0.29, 0.717) is 6.04 Å². The number of rotatable bonds is 7. The predicted octanol–water partition coefficient (Wildman–Crippen LogP) is 2.27. The molecule has 0 aliphatic carbocycles. The van der Waals surface area contributed by atoms with Crippen molar-refractivity contribution in [2.75, 3.05) is 34.2 Å². The van der Waals surface area contributed by atoms with Crippen LogP contribution in [0, 0.1) is 6.92 Å². The van der Waals surface area contributed by atoms with Gasteiger partial charge in [0.05, 0.1) is 0 Å². The third kappa shape index (κ3) is 4.94. The minimum absolute atomic E-state index is 0.130. The standard InChI is InChI=1S/C16H29N3/c1-13-9-6-7-10-15(13)16(14(2)17)19(5)12-8-11-18(3)4/h6-7,9-10,14,16H,8,11-12,17H2,1-5H3. The Hall–Kier alpha value is -0.900. The molecule has 0 heterocycles. The lowest BCUT2D eigenvalue weighted by Gasteiger charge is -2.32. The Morgan fingerprint density at radius 2 is 1.74 bits per heavy atom. The summed E-state index contributed by atoms with van der Waals surface area (Å²) in [6.07, 6.45) is 1.17. The Labute approximate surface area is 118 Å². The lowest BCUT2D eigenvalue weighted by atomic mass is 9.95. The quantitative estimate of drug-likeness (QED) is 0.819. The second-order valence-corrected chi connectivity index (χ2v) is 5.80. The number of hydrogen-bond donors (Lipinski definition) is 1. The third-order valence-electron chi connectivity index (χ3n) is 3.60. The van der Waals surface area contributed by atoms with Gasteiger partial charge in [-0.05, 0) is 65.6 Å². The topological polar surface area (TPSA) is 32.5 Å². The molecule has 3 nitrogen and oxygen atoms in total. The van der Waals surface area contributed by atoms with E-state index in [1.807, 2.05) is 0 Å². The molecular weight excluding hydrogens is 234 g/mol. The Morgan fingerprint density at radius 1 is 1.11 bits per heavy atom. The van der Waals surface area contributed by atoms with Crippen molar-refractivity contribution in [3.8, 4) is 0 Å². The van der Waals surface area contributed by atoms with Crippen LogP contribution in [0.25, 0.3) is 0 Å². The first-order valence-corrected chi connectivity index (χ1v) is 7.09. The van der Waals surface area contributed by atoms with Gasteiger partial charge in [0.1, 0.15) is 0 Å². The number of aryl methyl sites for hydroxylation is 1. The molecule has 0 radical (unpaired) electrons. The molecule has 0 fully saturated rings. The van der Waals surface area contributed by atoms with Crippen molar-refractivity contribution >= 4 is 0 Å². The number of nitrogens with zero attached hydrogens (tertiary/aromatic N) is 2. The first-order valence-electron chi connectivity index (χ1n) is 7.09. The van der Waals surface area contributed by atoms with Crippen LogP contribution >= 0.6 is 0 Å². The number of nitrogens with two attached hydrogens (primary N) is 1. The van der Waals surface area contributed by atoms with Gasteiger partial charge in [-0.3, -0.25) is 4.90 Å². The smallest absolute Gasteiger partial charge is 0.0496 e. The van der Waals surface area contributed by atoms with Crippen LogP contribution in [0.2, 0.25) is 0 Å². The highest BCUT2D eigenvalue weighted by Gasteiger charge is 2.22. The molecule has 0 aliphatic heterocycles. The van der Waals surface area contributed by atoms with Crippen LogP contribution in [0.3, 0.4) is 0 Å². The van der Waals surface area contributed by atoms with Crippen LogP contribution in [0.5, 0.6) is 0 Å². The molecule has 2 N–H and O–H groups in total. The van der Waals surface area contributed by atoms with Gasteiger partial charge in [0.25, 0.3) is 0 Å². The normalized spacial score (nSPS) is 14.9. The fourth-order valence-corrected chi connectivity index (χ4v) is 2.62. The molecule has 0 amide bonds. The van der Waals surface area contributed by atoms with Crippen molar-refractivity contribution in [1.29, 1.82) is 0 Å². The Kier molecular flexibility index (Phi) is 6.49. The van der Waals surface area contributed by atoms with Gasteiger partial charge >= 0.3 is 0 Å². The van der Waals surface area contributed by atoms with Gasteiger partial charge in [0.2, 0.25) is 0 Å². The minimum atomic E-state index is 0.130. The molecule has 0 bridgehead atoms. The van der Waals surface area contributed by atoms with Crippen molar-refractivity contribution < 1.29 is 0 Å². The van der Waals surface area contributed by atoms with E-state index in [9.17, 15) is 0 Å². The van der Waals surface area contributed by atoms with Crippen LogP contribution < -0.4 is 5.73 Å². The van der Waals surface area contributed by atoms with Crippen molar-refractivity contribution in [3.63, 3.8) is 0 Å². The van der Waals surface area contributed by atoms with Crippen LogP contribution in [-0.4, -0.2) is 50.1 Å². The molecule has 1 aromatic carbocycles. The summed E-state index contributed by atoms with van der Waals surface area (Å²) in [5.74, 6) is 0. The zero-order valence-electron chi connectivity index (χ0n) is 13.1. The molecule has 1 aromatic rings. The zero-order chi connectivity index (χ0) is 14.4. The van der Waals surface area contributed by atoms with E-state index in [-0.39, 0.29) is 6.04 Å². The maximum Gasteiger partial charge on any atom is 0.0496 e. The third-order valence-corrected chi connectivity index (χ3v) is 3.60. The highest BCUT2D eigenvalue weighted by atomic mass is 15.2. The molecule has 0 saturated carbocycles. The first kappa shape index (κ1) is 16.2. The maximum atomic E-state index is 6.22. The molecule has 2 atom stereocenters. The van der Waals surface area contributed by atoms with Crippen molar-refractivity contribution in [2.24, 2.45) is 5.73 Å². The van der Waals surface area contributed by atoms with Crippen LogP contribution in [0.1, 0.15) is 30.5 Å². The Balaban J connectivity index is 2.75. The van der Waals surface area contributed by atoms with Crippen LogP contribution in [0.15, 0.2) is 24.3 Å². The van der Waals surface area contributed by atoms with E-state index < -0.39 is 0 Å². The number of likely N-dealkylation sites (N-methyl/N-ethyl adjacent to an activating group) is 1. The average molecular weight is 263 g/mol. The number of benzene rings is 1. The monoisotopic (exact) mass is 263 g/mol. The molecule has 1 rings (SSSR count). The van der Waals surface area contributed by atoms with Gasteiger partial charge in [-0.15, -0.1) is 0 Å². The van der Waals surface area contributed by atoms with Gasteiger partial charge in [-0.1, -0.05) is 24.3 Å². The molecular formula is C16H29N3. The molecule has 0 aromatic heterocycles. The highest BCUT2D eigenvalue weighted by molar-refractivity contribution is 5.29. The summed E-state index contributed by atoms with van der Waals surface area (Å²) in [6.45, 7) is 6.44. The first-order chi connectivity index (χ1) is 8.93. The maximum absolute atomic E-state index is 6.22. The summed E-state index contributed by atoms with van der Waals surface area (Å²) in [5.41, 5.74) is 8.89. The summed E-state index contributed by atoms with van der Waals surface area (Å²) in [5, 5.41) is 0. The molecule has 0 saturated heterocycles. The molecule has 108 valence electrons. The zero-order valence-corrected chi connectivity index (χ0v) is 13.1. The van der Waals surface area contributed by atoms with E-state index in [2.05, 4.69) is 69.1 Å². The molecule has 3 heteroatoms. The van der Waals surface area contributed by atoms with E-state index in [1.54, 1.807) is 0 Å². The summed E-state index contributed by atoms with van der Waals surface area (Å²) in [7, 11) is 6.41. The van der Waals surface area contributed by atoms with Gasteiger partial charge in [-0.25, -0.2) is 0 Å². The predicted molar refractivity (Wildman–Crippen MR) is 83.4 cm³/mol. The van der Waals surface area contributed by atoms with E-state index in [1.165, 1.54) is 17.5 Å². The minimum Gasteiger partial charge on any atom is -0.326 e. The molecule has 0 spiro atoms. The molecule has 0 aliphatic rings. The molecule has 2 unspecified atom stereocenters. The van der Waals surface area contributed by atoms with Crippen molar-refractivity contribution in [1.82, 2.24) is 9.80 Å². The molecule has 19 heavy (non-hydrogen) atoms. The van der Waals surface area contributed by atoms with E-state index >= 15 is 0 Å². The fourth-order valence-electron chi connectivity index (χ4n) is 2.62. The van der Waals surface area contributed by atoms with Crippen molar-refractivity contribution in [3.05, 3.63) is 35.4 Å². The highest BCUT2D eigenvalue weighted by Crippen LogP contribution is 2.25. The second kappa shape index (κ2) is 7.63. The van der Waals surface area contributed by atoms with Gasteiger partial charge < -0.3 is 10.6 Å².